The predicted octanol–water partition coefficient (Wildman–Crippen LogP) is 3.35. The van der Waals surface area contributed by atoms with Crippen molar-refractivity contribution in [3.63, 3.8) is 0 Å². The maximum atomic E-state index is 12.8. The number of carboxylic acids is 1. The monoisotopic (exact) mass is 426 g/mol. The largest absolute Gasteiger partial charge is 0.480 e. The normalized spacial score (nSPS) is 16.6. The molecule has 1 aliphatic heterocycles. The number of rotatable bonds is 5. The van der Waals surface area contributed by atoms with E-state index in [1.54, 1.807) is 13.1 Å². The van der Waals surface area contributed by atoms with Gasteiger partial charge in [0.05, 0.1) is 5.56 Å². The third-order valence-electron chi connectivity index (χ3n) is 5.18. The minimum atomic E-state index is -1.16. The number of aliphatic carboxylic acids is 1. The van der Waals surface area contributed by atoms with E-state index in [0.29, 0.717) is 12.0 Å². The molecule has 30 heavy (non-hydrogen) atoms. The number of carbonyl (C=O) groups is 3. The van der Waals surface area contributed by atoms with Crippen LogP contribution in [-0.2, 0) is 22.4 Å². The maximum absolute atomic E-state index is 12.8. The smallest absolute Gasteiger partial charge is 0.338 e. The lowest BCUT2D eigenvalue weighted by Crippen LogP contribution is -2.42. The molecule has 154 valence electrons. The van der Waals surface area contributed by atoms with Crippen molar-refractivity contribution in [1.82, 2.24) is 10.3 Å². The van der Waals surface area contributed by atoms with Gasteiger partial charge in [-0.25, -0.2) is 9.59 Å². The molecule has 3 N–H and O–H groups in total. The van der Waals surface area contributed by atoms with E-state index in [1.807, 2.05) is 24.3 Å². The Hall–Kier alpha value is -3.32. The SMILES string of the molecule is CC1Cc2c(Cl)cc(C(=O)NC(Cc3c[nH]c4ccccc34)C(=O)O)cc2C(=O)O1. The van der Waals surface area contributed by atoms with E-state index in [0.717, 1.165) is 16.5 Å². The van der Waals surface area contributed by atoms with E-state index < -0.39 is 23.9 Å². The van der Waals surface area contributed by atoms with Gasteiger partial charge >= 0.3 is 11.9 Å². The molecule has 1 aliphatic rings. The summed E-state index contributed by atoms with van der Waals surface area (Å²) in [6, 6.07) is 9.22. The Morgan fingerprint density at radius 3 is 2.87 bits per heavy atom. The van der Waals surface area contributed by atoms with E-state index in [9.17, 15) is 19.5 Å². The number of halogens is 1. The number of H-pyrrole nitrogens is 1. The van der Waals surface area contributed by atoms with E-state index in [4.69, 9.17) is 16.3 Å². The summed E-state index contributed by atoms with van der Waals surface area (Å²) in [5.41, 5.74) is 2.63. The van der Waals surface area contributed by atoms with Crippen LogP contribution in [0.1, 0.15) is 38.8 Å². The fraction of sp³-hybridized carbons (Fsp3) is 0.227. The van der Waals surface area contributed by atoms with Gasteiger partial charge in [-0.05, 0) is 36.2 Å². The summed E-state index contributed by atoms with van der Waals surface area (Å²) in [5, 5.41) is 13.3. The fourth-order valence-electron chi connectivity index (χ4n) is 3.69. The zero-order chi connectivity index (χ0) is 21.4. The summed E-state index contributed by atoms with van der Waals surface area (Å²) in [6.07, 6.45) is 2.00. The van der Waals surface area contributed by atoms with Gasteiger partial charge in [0.25, 0.3) is 5.91 Å². The molecule has 7 nitrogen and oxygen atoms in total. The quantitative estimate of drug-likeness (QED) is 0.542. The van der Waals surface area contributed by atoms with Gasteiger partial charge < -0.3 is 20.1 Å². The molecular weight excluding hydrogens is 408 g/mol. The van der Waals surface area contributed by atoms with E-state index in [2.05, 4.69) is 10.3 Å². The van der Waals surface area contributed by atoms with Crippen LogP contribution < -0.4 is 5.32 Å². The number of aromatic nitrogens is 1. The average molecular weight is 427 g/mol. The number of carbonyl (C=O) groups excluding carboxylic acids is 2. The lowest BCUT2D eigenvalue weighted by Gasteiger charge is -2.23. The second kappa shape index (κ2) is 7.84. The summed E-state index contributed by atoms with van der Waals surface area (Å²) in [7, 11) is 0. The number of hydrogen-bond donors (Lipinski definition) is 3. The number of para-hydroxylation sites is 1. The summed E-state index contributed by atoms with van der Waals surface area (Å²) < 4.78 is 5.21. The first-order chi connectivity index (χ1) is 14.3. The Bertz CT molecular complexity index is 1170. The molecule has 0 spiro atoms. The summed E-state index contributed by atoms with van der Waals surface area (Å²) >= 11 is 6.29. The highest BCUT2D eigenvalue weighted by molar-refractivity contribution is 6.32. The fourth-order valence-corrected chi connectivity index (χ4v) is 3.99. The molecule has 2 unspecified atom stereocenters. The van der Waals surface area contributed by atoms with Gasteiger partial charge in [0.1, 0.15) is 12.1 Å². The number of hydrogen-bond acceptors (Lipinski definition) is 4. The van der Waals surface area contributed by atoms with Gasteiger partial charge in [0.15, 0.2) is 0 Å². The van der Waals surface area contributed by atoms with Crippen molar-refractivity contribution < 1.29 is 24.2 Å². The van der Waals surface area contributed by atoms with Crippen LogP contribution in [0.3, 0.4) is 0 Å². The molecule has 2 atom stereocenters. The van der Waals surface area contributed by atoms with Gasteiger partial charge in [0.2, 0.25) is 0 Å². The number of amides is 1. The molecule has 2 heterocycles. The molecule has 0 saturated heterocycles. The highest BCUT2D eigenvalue weighted by Gasteiger charge is 2.28. The van der Waals surface area contributed by atoms with Crippen molar-refractivity contribution in [1.29, 1.82) is 0 Å². The van der Waals surface area contributed by atoms with Crippen LogP contribution in [0.25, 0.3) is 10.9 Å². The Morgan fingerprint density at radius 1 is 1.33 bits per heavy atom. The topological polar surface area (TPSA) is 108 Å². The van der Waals surface area contributed by atoms with Gasteiger partial charge in [-0.1, -0.05) is 29.8 Å². The van der Waals surface area contributed by atoms with Crippen molar-refractivity contribution in [3.05, 3.63) is 69.9 Å². The maximum Gasteiger partial charge on any atom is 0.338 e. The predicted molar refractivity (Wildman–Crippen MR) is 111 cm³/mol. The van der Waals surface area contributed by atoms with Gasteiger partial charge in [-0.3, -0.25) is 4.79 Å². The summed E-state index contributed by atoms with van der Waals surface area (Å²) in [6.45, 7) is 1.76. The summed E-state index contributed by atoms with van der Waals surface area (Å²) in [5.74, 6) is -2.34. The zero-order valence-corrected chi connectivity index (χ0v) is 16.8. The molecule has 1 amide bonds. The first-order valence-electron chi connectivity index (χ1n) is 9.45. The van der Waals surface area contributed by atoms with Crippen molar-refractivity contribution in [3.8, 4) is 0 Å². The molecule has 1 aromatic heterocycles. The Labute approximate surface area is 177 Å². The minimum Gasteiger partial charge on any atom is -0.480 e. The number of nitrogens with one attached hydrogen (secondary N) is 2. The van der Waals surface area contributed by atoms with Crippen molar-refractivity contribution in [2.75, 3.05) is 0 Å². The van der Waals surface area contributed by atoms with Crippen LogP contribution in [0.5, 0.6) is 0 Å². The Kier molecular flexibility index (Phi) is 5.22. The molecule has 4 rings (SSSR count). The molecule has 0 radical (unpaired) electrons. The molecule has 0 fully saturated rings. The number of cyclic esters (lactones) is 1. The van der Waals surface area contributed by atoms with E-state index in [-0.39, 0.29) is 28.7 Å². The molecule has 0 aliphatic carbocycles. The first kappa shape index (κ1) is 20.0. The number of ether oxygens (including phenoxy) is 1. The minimum absolute atomic E-state index is 0.101. The second-order valence-corrected chi connectivity index (χ2v) is 7.74. The van der Waals surface area contributed by atoms with Crippen LogP contribution in [-0.4, -0.2) is 40.1 Å². The molecule has 8 heteroatoms. The van der Waals surface area contributed by atoms with Crippen LogP contribution in [0.4, 0.5) is 0 Å². The average Bonchev–Trinajstić information content (AvgIpc) is 3.11. The van der Waals surface area contributed by atoms with Crippen LogP contribution in [0.15, 0.2) is 42.6 Å². The van der Waals surface area contributed by atoms with Gasteiger partial charge in [-0.2, -0.15) is 0 Å². The highest BCUT2D eigenvalue weighted by atomic mass is 35.5. The summed E-state index contributed by atoms with van der Waals surface area (Å²) in [4.78, 5) is 39.8. The first-order valence-corrected chi connectivity index (χ1v) is 9.83. The lowest BCUT2D eigenvalue weighted by molar-refractivity contribution is -0.139. The number of esters is 1. The molecular formula is C22H19ClN2O5. The number of carboxylic acid groups (broad SMARTS) is 1. The Balaban J connectivity index is 1.58. The number of aromatic amines is 1. The molecule has 0 bridgehead atoms. The van der Waals surface area contributed by atoms with Crippen molar-refractivity contribution in [2.24, 2.45) is 0 Å². The molecule has 0 saturated carbocycles. The van der Waals surface area contributed by atoms with E-state index in [1.165, 1.54) is 12.1 Å². The Morgan fingerprint density at radius 2 is 2.10 bits per heavy atom. The van der Waals surface area contributed by atoms with Crippen LogP contribution in [0, 0.1) is 0 Å². The van der Waals surface area contributed by atoms with Crippen molar-refractivity contribution >= 4 is 40.3 Å². The standard InChI is InChI=1S/C22H19ClN2O5/c1-11-6-15-16(22(29)30-11)7-12(8-17(15)23)20(26)25-19(21(27)28)9-13-10-24-18-5-3-2-4-14(13)18/h2-5,7-8,10-11,19,24H,6,9H2,1H3,(H,25,26)(H,27,28). The number of fused-ring (bicyclic) bond motifs is 2. The van der Waals surface area contributed by atoms with Crippen molar-refractivity contribution in [2.45, 2.75) is 31.9 Å². The number of benzene rings is 2. The molecule has 2 aromatic carbocycles. The molecule has 3 aromatic rings. The van der Waals surface area contributed by atoms with Crippen LogP contribution in [0.2, 0.25) is 5.02 Å². The highest BCUT2D eigenvalue weighted by Crippen LogP contribution is 2.29. The zero-order valence-electron chi connectivity index (χ0n) is 16.1. The van der Waals surface area contributed by atoms with Crippen LogP contribution >= 0.6 is 11.6 Å². The van der Waals surface area contributed by atoms with Gasteiger partial charge in [0, 0.05) is 40.5 Å². The van der Waals surface area contributed by atoms with E-state index >= 15 is 0 Å². The second-order valence-electron chi connectivity index (χ2n) is 7.33. The van der Waals surface area contributed by atoms with Gasteiger partial charge in [-0.15, -0.1) is 0 Å². The third kappa shape index (κ3) is 3.76. The lowest BCUT2D eigenvalue weighted by atomic mass is 9.96. The third-order valence-corrected chi connectivity index (χ3v) is 5.52.